The lowest BCUT2D eigenvalue weighted by Gasteiger charge is -2.17. The number of hydrogen-bond donors (Lipinski definition) is 1. The SMILES string of the molecule is CNC(Cc1cncc(Br)c1)c1ccc(F)c(C)c1. The zero-order valence-electron chi connectivity index (χ0n) is 11.0. The fourth-order valence-electron chi connectivity index (χ4n) is 2.07. The highest BCUT2D eigenvalue weighted by molar-refractivity contribution is 9.10. The minimum Gasteiger partial charge on any atom is -0.313 e. The number of benzene rings is 1. The summed E-state index contributed by atoms with van der Waals surface area (Å²) >= 11 is 3.42. The van der Waals surface area contributed by atoms with Gasteiger partial charge in [0.1, 0.15) is 5.82 Å². The number of nitrogens with zero attached hydrogens (tertiary/aromatic N) is 1. The molecule has 0 bridgehead atoms. The van der Waals surface area contributed by atoms with Crippen LogP contribution in [0.4, 0.5) is 4.39 Å². The van der Waals surface area contributed by atoms with E-state index in [-0.39, 0.29) is 11.9 Å². The van der Waals surface area contributed by atoms with E-state index in [9.17, 15) is 4.39 Å². The molecule has 0 saturated carbocycles. The molecule has 0 aliphatic rings. The summed E-state index contributed by atoms with van der Waals surface area (Å²) in [5.74, 6) is -0.164. The van der Waals surface area contributed by atoms with Crippen LogP contribution in [0.5, 0.6) is 0 Å². The fraction of sp³-hybridized carbons (Fsp3) is 0.267. The van der Waals surface area contributed by atoms with Crippen LogP contribution < -0.4 is 5.32 Å². The molecule has 2 aromatic rings. The highest BCUT2D eigenvalue weighted by Gasteiger charge is 2.12. The molecule has 1 heterocycles. The summed E-state index contributed by atoms with van der Waals surface area (Å²) in [5.41, 5.74) is 2.89. The molecule has 1 atom stereocenters. The standard InChI is InChI=1S/C15H16BrFN2/c1-10-5-12(3-4-14(10)17)15(18-2)7-11-6-13(16)9-19-8-11/h3-6,8-9,15,18H,7H2,1-2H3. The minimum atomic E-state index is -0.164. The molecule has 1 aromatic carbocycles. The Morgan fingerprint density at radius 2 is 2.11 bits per heavy atom. The molecule has 0 fully saturated rings. The van der Waals surface area contributed by atoms with Gasteiger partial charge in [0.25, 0.3) is 0 Å². The molecule has 1 N–H and O–H groups in total. The van der Waals surface area contributed by atoms with Crippen LogP contribution in [-0.2, 0) is 6.42 Å². The lowest BCUT2D eigenvalue weighted by atomic mass is 9.98. The second kappa shape index (κ2) is 6.26. The zero-order valence-corrected chi connectivity index (χ0v) is 12.5. The van der Waals surface area contributed by atoms with Crippen molar-refractivity contribution in [1.29, 1.82) is 0 Å². The second-order valence-corrected chi connectivity index (χ2v) is 5.48. The van der Waals surface area contributed by atoms with Crippen LogP contribution in [0, 0.1) is 12.7 Å². The second-order valence-electron chi connectivity index (χ2n) is 4.57. The quantitative estimate of drug-likeness (QED) is 0.926. The van der Waals surface area contributed by atoms with Crippen molar-refractivity contribution < 1.29 is 4.39 Å². The predicted octanol–water partition coefficient (Wildman–Crippen LogP) is 3.79. The highest BCUT2D eigenvalue weighted by atomic mass is 79.9. The Kier molecular flexibility index (Phi) is 4.66. The summed E-state index contributed by atoms with van der Waals surface area (Å²) in [7, 11) is 1.91. The normalized spacial score (nSPS) is 12.4. The monoisotopic (exact) mass is 322 g/mol. The van der Waals surface area contributed by atoms with Crippen molar-refractivity contribution in [2.24, 2.45) is 0 Å². The van der Waals surface area contributed by atoms with Crippen molar-refractivity contribution in [3.63, 3.8) is 0 Å². The van der Waals surface area contributed by atoms with Gasteiger partial charge in [0.05, 0.1) is 0 Å². The Hall–Kier alpha value is -1.26. The first kappa shape index (κ1) is 14.2. The van der Waals surface area contributed by atoms with E-state index in [0.717, 1.165) is 22.0 Å². The number of likely N-dealkylation sites (N-methyl/N-ethyl adjacent to an activating group) is 1. The Morgan fingerprint density at radius 3 is 2.74 bits per heavy atom. The number of nitrogens with one attached hydrogen (secondary N) is 1. The van der Waals surface area contributed by atoms with Crippen molar-refractivity contribution in [3.8, 4) is 0 Å². The van der Waals surface area contributed by atoms with E-state index in [0.29, 0.717) is 5.56 Å². The Bertz CT molecular complexity index is 572. The predicted molar refractivity (Wildman–Crippen MR) is 78.6 cm³/mol. The highest BCUT2D eigenvalue weighted by Crippen LogP contribution is 2.21. The van der Waals surface area contributed by atoms with Crippen LogP contribution in [-0.4, -0.2) is 12.0 Å². The molecule has 0 spiro atoms. The first-order valence-corrected chi connectivity index (χ1v) is 6.92. The topological polar surface area (TPSA) is 24.9 Å². The molecule has 19 heavy (non-hydrogen) atoms. The zero-order chi connectivity index (χ0) is 13.8. The molecule has 2 nitrogen and oxygen atoms in total. The van der Waals surface area contributed by atoms with E-state index < -0.39 is 0 Å². The Balaban J connectivity index is 2.22. The van der Waals surface area contributed by atoms with E-state index in [1.165, 1.54) is 6.07 Å². The van der Waals surface area contributed by atoms with Gasteiger partial charge in [-0.1, -0.05) is 12.1 Å². The number of rotatable bonds is 4. The molecule has 1 aromatic heterocycles. The maximum absolute atomic E-state index is 13.3. The van der Waals surface area contributed by atoms with Crippen molar-refractivity contribution in [3.05, 3.63) is 63.6 Å². The van der Waals surface area contributed by atoms with E-state index >= 15 is 0 Å². The van der Waals surface area contributed by atoms with Crippen molar-refractivity contribution in [1.82, 2.24) is 10.3 Å². The largest absolute Gasteiger partial charge is 0.313 e. The molecule has 1 unspecified atom stereocenters. The van der Waals surface area contributed by atoms with Gasteiger partial charge in [-0.05, 0) is 65.1 Å². The molecule has 0 amide bonds. The number of pyridine rings is 1. The van der Waals surface area contributed by atoms with Gasteiger partial charge in [0.15, 0.2) is 0 Å². The maximum Gasteiger partial charge on any atom is 0.126 e. The number of halogens is 2. The van der Waals surface area contributed by atoms with Crippen LogP contribution in [0.1, 0.15) is 22.7 Å². The average molecular weight is 323 g/mol. The third-order valence-electron chi connectivity index (χ3n) is 3.13. The third-order valence-corrected chi connectivity index (χ3v) is 3.57. The Labute approximate surface area is 121 Å². The molecule has 0 radical (unpaired) electrons. The summed E-state index contributed by atoms with van der Waals surface area (Å²) < 4.78 is 14.3. The van der Waals surface area contributed by atoms with Gasteiger partial charge < -0.3 is 5.32 Å². The maximum atomic E-state index is 13.3. The van der Waals surface area contributed by atoms with Crippen LogP contribution in [0.2, 0.25) is 0 Å². The summed E-state index contributed by atoms with van der Waals surface area (Å²) in [6.07, 6.45) is 4.43. The summed E-state index contributed by atoms with van der Waals surface area (Å²) in [6.45, 7) is 1.78. The van der Waals surface area contributed by atoms with Crippen molar-refractivity contribution in [2.45, 2.75) is 19.4 Å². The van der Waals surface area contributed by atoms with Crippen molar-refractivity contribution in [2.75, 3.05) is 7.05 Å². The van der Waals surface area contributed by atoms with Crippen LogP contribution in [0.25, 0.3) is 0 Å². The number of aromatic nitrogens is 1. The lowest BCUT2D eigenvalue weighted by molar-refractivity contribution is 0.582. The molecule has 0 aliphatic carbocycles. The van der Waals surface area contributed by atoms with Gasteiger partial charge in [-0.15, -0.1) is 0 Å². The van der Waals surface area contributed by atoms with Gasteiger partial charge in [-0.3, -0.25) is 4.98 Å². The Morgan fingerprint density at radius 1 is 1.32 bits per heavy atom. The van der Waals surface area contributed by atoms with Crippen LogP contribution >= 0.6 is 15.9 Å². The fourth-order valence-corrected chi connectivity index (χ4v) is 2.49. The van der Waals surface area contributed by atoms with Crippen LogP contribution in [0.3, 0.4) is 0 Å². The van der Waals surface area contributed by atoms with Gasteiger partial charge in [-0.2, -0.15) is 0 Å². The molecular weight excluding hydrogens is 307 g/mol. The van der Waals surface area contributed by atoms with E-state index in [2.05, 4.69) is 26.2 Å². The number of hydrogen-bond acceptors (Lipinski definition) is 2. The smallest absolute Gasteiger partial charge is 0.126 e. The van der Waals surface area contributed by atoms with Gasteiger partial charge in [0.2, 0.25) is 0 Å². The average Bonchev–Trinajstić information content (AvgIpc) is 2.39. The molecule has 2 rings (SSSR count). The third kappa shape index (κ3) is 3.61. The summed E-state index contributed by atoms with van der Waals surface area (Å²) in [6, 6.07) is 7.44. The van der Waals surface area contributed by atoms with E-state index in [4.69, 9.17) is 0 Å². The van der Waals surface area contributed by atoms with E-state index in [1.54, 1.807) is 13.1 Å². The lowest BCUT2D eigenvalue weighted by Crippen LogP contribution is -2.19. The van der Waals surface area contributed by atoms with Crippen LogP contribution in [0.15, 0.2) is 41.1 Å². The van der Waals surface area contributed by atoms with Gasteiger partial charge >= 0.3 is 0 Å². The summed E-state index contributed by atoms with van der Waals surface area (Å²) in [5, 5.41) is 3.27. The van der Waals surface area contributed by atoms with Gasteiger partial charge in [-0.25, -0.2) is 4.39 Å². The first-order chi connectivity index (χ1) is 9.10. The first-order valence-electron chi connectivity index (χ1n) is 6.13. The summed E-state index contributed by atoms with van der Waals surface area (Å²) in [4.78, 5) is 4.16. The molecule has 100 valence electrons. The molecule has 4 heteroatoms. The molecule has 0 aliphatic heterocycles. The number of aryl methyl sites for hydroxylation is 1. The van der Waals surface area contributed by atoms with Gasteiger partial charge in [0, 0.05) is 22.9 Å². The molecular formula is C15H16BrFN2. The minimum absolute atomic E-state index is 0.149. The van der Waals surface area contributed by atoms with E-state index in [1.807, 2.05) is 31.4 Å². The van der Waals surface area contributed by atoms with Crippen molar-refractivity contribution >= 4 is 15.9 Å². The molecule has 0 saturated heterocycles.